The second-order valence-corrected chi connectivity index (χ2v) is 6.91. The fraction of sp³-hybridized carbons (Fsp3) is 0.500. The van der Waals surface area contributed by atoms with Crippen LogP contribution in [0.2, 0.25) is 0 Å². The topological polar surface area (TPSA) is 68.0 Å². The SMILES string of the molecule is CCCCC[C@H](C)NC(=O)c1ccccc1SCc1nc(C)no1. The molecule has 130 valence electrons. The molecule has 5 nitrogen and oxygen atoms in total. The smallest absolute Gasteiger partial charge is 0.252 e. The van der Waals surface area contributed by atoms with E-state index in [-0.39, 0.29) is 11.9 Å². The molecular formula is C18H25N3O2S. The van der Waals surface area contributed by atoms with E-state index in [2.05, 4.69) is 29.3 Å². The number of rotatable bonds is 9. The van der Waals surface area contributed by atoms with Crippen molar-refractivity contribution >= 4 is 17.7 Å². The van der Waals surface area contributed by atoms with Crippen molar-refractivity contribution in [2.75, 3.05) is 0 Å². The molecule has 0 aliphatic carbocycles. The third kappa shape index (κ3) is 5.67. The zero-order valence-electron chi connectivity index (χ0n) is 14.5. The summed E-state index contributed by atoms with van der Waals surface area (Å²) in [7, 11) is 0. The van der Waals surface area contributed by atoms with Gasteiger partial charge in [0.2, 0.25) is 5.89 Å². The Hall–Kier alpha value is -1.82. The highest BCUT2D eigenvalue weighted by molar-refractivity contribution is 7.98. The van der Waals surface area contributed by atoms with E-state index in [9.17, 15) is 4.79 Å². The van der Waals surface area contributed by atoms with Crippen LogP contribution in [0.5, 0.6) is 0 Å². The minimum Gasteiger partial charge on any atom is -0.350 e. The van der Waals surface area contributed by atoms with Crippen LogP contribution in [0, 0.1) is 6.92 Å². The fourth-order valence-corrected chi connectivity index (χ4v) is 3.28. The normalized spacial score (nSPS) is 12.1. The van der Waals surface area contributed by atoms with Crippen LogP contribution < -0.4 is 5.32 Å². The van der Waals surface area contributed by atoms with Gasteiger partial charge < -0.3 is 9.84 Å². The van der Waals surface area contributed by atoms with Gasteiger partial charge in [-0.25, -0.2) is 0 Å². The van der Waals surface area contributed by atoms with E-state index < -0.39 is 0 Å². The molecule has 0 radical (unpaired) electrons. The summed E-state index contributed by atoms with van der Waals surface area (Å²) in [6.07, 6.45) is 4.55. The monoisotopic (exact) mass is 347 g/mol. The lowest BCUT2D eigenvalue weighted by Crippen LogP contribution is -2.32. The van der Waals surface area contributed by atoms with Crippen molar-refractivity contribution in [3.05, 3.63) is 41.5 Å². The van der Waals surface area contributed by atoms with E-state index in [0.29, 0.717) is 23.0 Å². The molecule has 0 aliphatic rings. The first-order chi connectivity index (χ1) is 11.6. The molecule has 2 aromatic rings. The largest absolute Gasteiger partial charge is 0.350 e. The zero-order chi connectivity index (χ0) is 17.4. The number of nitrogens with zero attached hydrogens (tertiary/aromatic N) is 2. The summed E-state index contributed by atoms with van der Waals surface area (Å²) in [6.45, 7) is 6.03. The molecule has 0 aliphatic heterocycles. The molecule has 0 spiro atoms. The summed E-state index contributed by atoms with van der Waals surface area (Å²) in [5, 5.41) is 6.88. The van der Waals surface area contributed by atoms with Gasteiger partial charge >= 0.3 is 0 Å². The highest BCUT2D eigenvalue weighted by Crippen LogP contribution is 2.26. The number of unbranched alkanes of at least 4 members (excludes halogenated alkanes) is 2. The first-order valence-electron chi connectivity index (χ1n) is 8.42. The summed E-state index contributed by atoms with van der Waals surface area (Å²) in [4.78, 5) is 17.7. The summed E-state index contributed by atoms with van der Waals surface area (Å²) < 4.78 is 5.12. The number of aryl methyl sites for hydroxylation is 1. The van der Waals surface area contributed by atoms with Gasteiger partial charge in [0, 0.05) is 10.9 Å². The van der Waals surface area contributed by atoms with E-state index in [1.807, 2.05) is 24.3 Å². The summed E-state index contributed by atoms with van der Waals surface area (Å²) in [6, 6.07) is 7.81. The van der Waals surface area contributed by atoms with Crippen LogP contribution in [-0.4, -0.2) is 22.1 Å². The molecule has 24 heavy (non-hydrogen) atoms. The molecule has 1 amide bonds. The first kappa shape index (κ1) is 18.5. The lowest BCUT2D eigenvalue weighted by atomic mass is 10.1. The Morgan fingerprint density at radius 2 is 2.12 bits per heavy atom. The highest BCUT2D eigenvalue weighted by atomic mass is 32.2. The summed E-state index contributed by atoms with van der Waals surface area (Å²) >= 11 is 1.53. The molecule has 0 saturated heterocycles. The molecule has 0 unspecified atom stereocenters. The van der Waals surface area contributed by atoms with Crippen LogP contribution in [0.4, 0.5) is 0 Å². The van der Waals surface area contributed by atoms with E-state index in [1.165, 1.54) is 24.6 Å². The van der Waals surface area contributed by atoms with Crippen LogP contribution in [0.3, 0.4) is 0 Å². The number of thioether (sulfide) groups is 1. The molecule has 1 atom stereocenters. The van der Waals surface area contributed by atoms with Gasteiger partial charge in [-0.05, 0) is 32.4 Å². The molecule has 1 aromatic heterocycles. The molecule has 0 saturated carbocycles. The first-order valence-corrected chi connectivity index (χ1v) is 9.40. The van der Waals surface area contributed by atoms with Crippen LogP contribution in [0.1, 0.15) is 61.6 Å². The van der Waals surface area contributed by atoms with Gasteiger partial charge in [0.1, 0.15) is 0 Å². The molecule has 0 bridgehead atoms. The van der Waals surface area contributed by atoms with Crippen molar-refractivity contribution in [2.24, 2.45) is 0 Å². The average molecular weight is 347 g/mol. The van der Waals surface area contributed by atoms with Gasteiger partial charge in [-0.3, -0.25) is 4.79 Å². The maximum Gasteiger partial charge on any atom is 0.252 e. The number of hydrogen-bond acceptors (Lipinski definition) is 5. The third-order valence-electron chi connectivity index (χ3n) is 3.67. The van der Waals surface area contributed by atoms with Gasteiger partial charge in [-0.15, -0.1) is 11.8 Å². The Labute approximate surface area is 147 Å². The minimum absolute atomic E-state index is 0.0243. The lowest BCUT2D eigenvalue weighted by molar-refractivity contribution is 0.0935. The molecule has 1 aromatic carbocycles. The maximum absolute atomic E-state index is 12.5. The number of nitrogens with one attached hydrogen (secondary N) is 1. The van der Waals surface area contributed by atoms with Crippen LogP contribution >= 0.6 is 11.8 Å². The van der Waals surface area contributed by atoms with Crippen molar-refractivity contribution in [1.29, 1.82) is 0 Å². The number of aromatic nitrogens is 2. The Morgan fingerprint density at radius 1 is 1.33 bits per heavy atom. The van der Waals surface area contributed by atoms with Gasteiger partial charge in [0.15, 0.2) is 5.82 Å². The molecular weight excluding hydrogens is 322 g/mol. The van der Waals surface area contributed by atoms with Gasteiger partial charge in [0.25, 0.3) is 5.91 Å². The average Bonchev–Trinajstić information content (AvgIpc) is 2.99. The Kier molecular flexibility index (Phi) is 7.31. The standard InChI is InChI=1S/C18H25N3O2S/c1-4-5-6-9-13(2)19-18(22)15-10-7-8-11-16(15)24-12-17-20-14(3)21-23-17/h7-8,10-11,13H,4-6,9,12H2,1-3H3,(H,19,22)/t13-/m0/s1. The van der Waals surface area contributed by atoms with Crippen molar-refractivity contribution < 1.29 is 9.32 Å². The van der Waals surface area contributed by atoms with Crippen LogP contribution in [-0.2, 0) is 5.75 Å². The number of carbonyl (C=O) groups is 1. The summed E-state index contributed by atoms with van der Waals surface area (Å²) in [5.74, 6) is 1.72. The zero-order valence-corrected chi connectivity index (χ0v) is 15.4. The van der Waals surface area contributed by atoms with Crippen molar-refractivity contribution in [3.63, 3.8) is 0 Å². The molecule has 0 fully saturated rings. The molecule has 1 N–H and O–H groups in total. The maximum atomic E-state index is 12.5. The fourth-order valence-electron chi connectivity index (χ4n) is 2.39. The van der Waals surface area contributed by atoms with Crippen molar-refractivity contribution in [2.45, 2.75) is 63.1 Å². The van der Waals surface area contributed by atoms with Gasteiger partial charge in [-0.2, -0.15) is 4.98 Å². The van der Waals surface area contributed by atoms with Gasteiger partial charge in [0.05, 0.1) is 11.3 Å². The molecule has 1 heterocycles. The van der Waals surface area contributed by atoms with Crippen molar-refractivity contribution in [3.8, 4) is 0 Å². The minimum atomic E-state index is -0.0243. The molecule has 2 rings (SSSR count). The number of benzene rings is 1. The number of hydrogen-bond donors (Lipinski definition) is 1. The second kappa shape index (κ2) is 9.47. The Balaban J connectivity index is 1.95. The second-order valence-electron chi connectivity index (χ2n) is 5.89. The predicted molar refractivity (Wildman–Crippen MR) is 96.1 cm³/mol. The van der Waals surface area contributed by atoms with Crippen molar-refractivity contribution in [1.82, 2.24) is 15.5 Å². The van der Waals surface area contributed by atoms with Crippen LogP contribution in [0.15, 0.2) is 33.7 Å². The van der Waals surface area contributed by atoms with E-state index in [4.69, 9.17) is 4.52 Å². The molecule has 6 heteroatoms. The van der Waals surface area contributed by atoms with E-state index >= 15 is 0 Å². The van der Waals surface area contributed by atoms with Crippen LogP contribution in [0.25, 0.3) is 0 Å². The number of amides is 1. The Morgan fingerprint density at radius 3 is 2.83 bits per heavy atom. The quantitative estimate of drug-likeness (QED) is 0.539. The van der Waals surface area contributed by atoms with Gasteiger partial charge in [-0.1, -0.05) is 43.5 Å². The third-order valence-corrected chi connectivity index (χ3v) is 4.73. The highest BCUT2D eigenvalue weighted by Gasteiger charge is 2.14. The predicted octanol–water partition coefficient (Wildman–Crippen LogP) is 4.37. The number of carbonyl (C=O) groups excluding carboxylic acids is 1. The summed E-state index contributed by atoms with van der Waals surface area (Å²) in [5.41, 5.74) is 0.695. The van der Waals surface area contributed by atoms with E-state index in [1.54, 1.807) is 6.92 Å². The van der Waals surface area contributed by atoms with E-state index in [0.717, 1.165) is 17.7 Å². The lowest BCUT2D eigenvalue weighted by Gasteiger charge is -2.15. The Bertz CT molecular complexity index is 657.